The molecule has 0 saturated carbocycles. The quantitative estimate of drug-likeness (QED) is 0.764. The molecule has 0 aliphatic heterocycles. The highest BCUT2D eigenvalue weighted by Crippen LogP contribution is 2.25. The van der Waals surface area contributed by atoms with Gasteiger partial charge in [-0.2, -0.15) is 13.2 Å². The molecule has 0 aliphatic rings. The van der Waals surface area contributed by atoms with Crippen molar-refractivity contribution in [3.8, 4) is 17.3 Å². The third-order valence-corrected chi connectivity index (χ3v) is 2.53. The van der Waals surface area contributed by atoms with Gasteiger partial charge in [-0.1, -0.05) is 0 Å². The Balaban J connectivity index is 2.37. The highest BCUT2D eigenvalue weighted by molar-refractivity contribution is 5.92. The Hall–Kier alpha value is -3.11. The van der Waals surface area contributed by atoms with Gasteiger partial charge in [-0.3, -0.25) is 0 Å². The maximum Gasteiger partial charge on any atom is 0.422 e. The normalized spacial score (nSPS) is 11.3. The summed E-state index contributed by atoms with van der Waals surface area (Å²) in [5.41, 5.74) is 10.4. The van der Waals surface area contributed by atoms with E-state index in [2.05, 4.69) is 19.7 Å². The minimum Gasteiger partial charge on any atom is -0.476 e. The lowest BCUT2D eigenvalue weighted by Crippen LogP contribution is -2.20. The van der Waals surface area contributed by atoms with Crippen molar-refractivity contribution in [2.45, 2.75) is 6.18 Å². The molecule has 0 saturated heterocycles. The van der Waals surface area contributed by atoms with Crippen LogP contribution in [0.1, 0.15) is 10.5 Å². The van der Waals surface area contributed by atoms with Crippen LogP contribution in [-0.2, 0) is 0 Å². The number of ether oxygens (including phenoxy) is 1. The number of carbonyl (C=O) groups is 1. The van der Waals surface area contributed by atoms with Crippen LogP contribution in [0.3, 0.4) is 0 Å². The summed E-state index contributed by atoms with van der Waals surface area (Å²) in [6, 6.07) is 2.62. The lowest BCUT2D eigenvalue weighted by atomic mass is 10.2. The van der Waals surface area contributed by atoms with Crippen LogP contribution in [-0.4, -0.2) is 38.8 Å². The Bertz CT molecular complexity index is 751. The summed E-state index contributed by atoms with van der Waals surface area (Å²) in [6.45, 7) is -1.59. The molecule has 8 nitrogen and oxygen atoms in total. The van der Waals surface area contributed by atoms with Crippen molar-refractivity contribution in [3.05, 3.63) is 24.0 Å². The molecule has 11 heteroatoms. The third kappa shape index (κ3) is 3.96. The van der Waals surface area contributed by atoms with E-state index in [-0.39, 0.29) is 22.9 Å². The van der Waals surface area contributed by atoms with Crippen molar-refractivity contribution in [3.63, 3.8) is 0 Å². The first-order valence-corrected chi connectivity index (χ1v) is 5.99. The smallest absolute Gasteiger partial charge is 0.422 e. The molecule has 23 heavy (non-hydrogen) atoms. The lowest BCUT2D eigenvalue weighted by molar-refractivity contribution is -0.154. The summed E-state index contributed by atoms with van der Waals surface area (Å²) in [7, 11) is 0. The van der Waals surface area contributed by atoms with Gasteiger partial charge in [0.05, 0.1) is 17.6 Å². The highest BCUT2D eigenvalue weighted by Gasteiger charge is 2.29. The third-order valence-electron chi connectivity index (χ3n) is 2.53. The van der Waals surface area contributed by atoms with Crippen LogP contribution in [0.4, 0.5) is 24.7 Å². The lowest BCUT2D eigenvalue weighted by Gasteiger charge is -2.11. The van der Waals surface area contributed by atoms with E-state index in [4.69, 9.17) is 16.6 Å². The summed E-state index contributed by atoms with van der Waals surface area (Å²) >= 11 is 0. The number of carboxylic acid groups (broad SMARTS) is 1. The number of rotatable bonds is 4. The number of nitrogens with two attached hydrogens (primary N) is 2. The molecule has 0 aliphatic carbocycles. The predicted molar refractivity (Wildman–Crippen MR) is 72.6 cm³/mol. The van der Waals surface area contributed by atoms with Crippen molar-refractivity contribution in [2.75, 3.05) is 18.1 Å². The topological polar surface area (TPSA) is 137 Å². The number of aromatic carboxylic acids is 1. The van der Waals surface area contributed by atoms with Gasteiger partial charge in [0.25, 0.3) is 5.88 Å². The first-order valence-electron chi connectivity index (χ1n) is 5.99. The maximum absolute atomic E-state index is 12.2. The van der Waals surface area contributed by atoms with Gasteiger partial charge >= 0.3 is 12.1 Å². The number of nitrogen functional groups attached to an aromatic ring is 2. The minimum absolute atomic E-state index is 0.0149. The van der Waals surface area contributed by atoms with E-state index in [1.807, 2.05) is 0 Å². The number of halogens is 3. The van der Waals surface area contributed by atoms with E-state index in [0.717, 1.165) is 6.20 Å². The van der Waals surface area contributed by atoms with E-state index in [1.165, 1.54) is 12.1 Å². The van der Waals surface area contributed by atoms with E-state index in [1.54, 1.807) is 0 Å². The zero-order chi connectivity index (χ0) is 17.2. The molecule has 0 spiro atoms. The van der Waals surface area contributed by atoms with Crippen molar-refractivity contribution in [2.24, 2.45) is 0 Å². The van der Waals surface area contributed by atoms with Crippen LogP contribution < -0.4 is 16.2 Å². The minimum atomic E-state index is -4.57. The first-order chi connectivity index (χ1) is 10.7. The Morgan fingerprint density at radius 1 is 1.22 bits per heavy atom. The standard InChI is InChI=1S/C12H10F3N5O3/c13-12(14,15)4-23-10-9(17)18-3-7(20-10)6-2-1-5(16)8(19-6)11(21)22/h1-3H,4,16H2,(H2,17,18)(H,21,22). The molecule has 0 bridgehead atoms. The number of nitrogens with zero attached hydrogens (tertiary/aromatic N) is 3. The van der Waals surface area contributed by atoms with Crippen LogP contribution in [0.15, 0.2) is 18.3 Å². The Labute approximate surface area is 126 Å². The first kappa shape index (κ1) is 16.3. The zero-order valence-electron chi connectivity index (χ0n) is 11.3. The van der Waals surface area contributed by atoms with Gasteiger partial charge in [0.2, 0.25) is 0 Å². The molecule has 0 amide bonds. The number of pyridine rings is 1. The molecule has 0 aromatic carbocycles. The second-order valence-electron chi connectivity index (χ2n) is 4.29. The summed E-state index contributed by atoms with van der Waals surface area (Å²) < 4.78 is 41.0. The Morgan fingerprint density at radius 3 is 2.52 bits per heavy atom. The van der Waals surface area contributed by atoms with Crippen molar-refractivity contribution in [1.29, 1.82) is 0 Å². The van der Waals surface area contributed by atoms with Gasteiger partial charge < -0.3 is 21.3 Å². The van der Waals surface area contributed by atoms with Gasteiger partial charge in [0.15, 0.2) is 18.1 Å². The average Bonchev–Trinajstić information content (AvgIpc) is 2.46. The van der Waals surface area contributed by atoms with Crippen LogP contribution in [0, 0.1) is 0 Å². The number of alkyl halides is 3. The van der Waals surface area contributed by atoms with E-state index in [9.17, 15) is 18.0 Å². The molecule has 0 fully saturated rings. The number of aromatic nitrogens is 3. The van der Waals surface area contributed by atoms with E-state index < -0.39 is 30.3 Å². The Morgan fingerprint density at radius 2 is 1.91 bits per heavy atom. The fourth-order valence-corrected chi connectivity index (χ4v) is 1.55. The number of hydrogen-bond acceptors (Lipinski definition) is 7. The molecule has 122 valence electrons. The largest absolute Gasteiger partial charge is 0.476 e. The molecule has 0 unspecified atom stereocenters. The molecule has 2 rings (SSSR count). The molecule has 0 radical (unpaired) electrons. The second-order valence-corrected chi connectivity index (χ2v) is 4.29. The van der Waals surface area contributed by atoms with Gasteiger partial charge in [-0.25, -0.2) is 19.7 Å². The average molecular weight is 329 g/mol. The highest BCUT2D eigenvalue weighted by atomic mass is 19.4. The summed E-state index contributed by atoms with van der Waals surface area (Å²) in [5, 5.41) is 8.96. The Kier molecular flexibility index (Phi) is 4.20. The van der Waals surface area contributed by atoms with Crippen LogP contribution >= 0.6 is 0 Å². The molecule has 2 aromatic rings. The number of hydrogen-bond donors (Lipinski definition) is 3. The van der Waals surface area contributed by atoms with Gasteiger partial charge in [0.1, 0.15) is 5.69 Å². The zero-order valence-corrected chi connectivity index (χ0v) is 11.3. The van der Waals surface area contributed by atoms with Crippen LogP contribution in [0.5, 0.6) is 5.88 Å². The van der Waals surface area contributed by atoms with E-state index in [0.29, 0.717) is 0 Å². The fourth-order valence-electron chi connectivity index (χ4n) is 1.55. The molecule has 2 aromatic heterocycles. The second kappa shape index (κ2) is 5.94. The van der Waals surface area contributed by atoms with Crippen LogP contribution in [0.2, 0.25) is 0 Å². The van der Waals surface area contributed by atoms with Gasteiger partial charge in [0, 0.05) is 0 Å². The van der Waals surface area contributed by atoms with Crippen molar-refractivity contribution in [1.82, 2.24) is 15.0 Å². The predicted octanol–water partition coefficient (Wildman–Crippen LogP) is 1.34. The van der Waals surface area contributed by atoms with E-state index >= 15 is 0 Å². The fraction of sp³-hybridized carbons (Fsp3) is 0.167. The number of carboxylic acids is 1. The van der Waals surface area contributed by atoms with Gasteiger partial charge in [-0.15, -0.1) is 0 Å². The SMILES string of the molecule is Nc1ccc(-c2cnc(N)c(OCC(F)(F)F)n2)nc1C(=O)O. The molecular formula is C12H10F3N5O3. The van der Waals surface area contributed by atoms with Crippen molar-refractivity contribution < 1.29 is 27.8 Å². The molecule has 0 atom stereocenters. The summed E-state index contributed by atoms with van der Waals surface area (Å²) in [6.07, 6.45) is -3.44. The number of anilines is 2. The molecule has 2 heterocycles. The summed E-state index contributed by atoms with van der Waals surface area (Å²) in [4.78, 5) is 22.2. The van der Waals surface area contributed by atoms with Crippen molar-refractivity contribution >= 4 is 17.5 Å². The maximum atomic E-state index is 12.2. The monoisotopic (exact) mass is 329 g/mol. The summed E-state index contributed by atoms with van der Waals surface area (Å²) in [5.74, 6) is -2.23. The van der Waals surface area contributed by atoms with Gasteiger partial charge in [-0.05, 0) is 12.1 Å². The molecule has 5 N–H and O–H groups in total. The molecular weight excluding hydrogens is 319 g/mol. The van der Waals surface area contributed by atoms with Crippen LogP contribution in [0.25, 0.3) is 11.4 Å².